The Bertz CT molecular complexity index is 1030. The van der Waals surface area contributed by atoms with Crippen LogP contribution in [-0.4, -0.2) is 32.3 Å². The number of para-hydroxylation sites is 1. The summed E-state index contributed by atoms with van der Waals surface area (Å²) in [6.07, 6.45) is 1.46. The number of carbonyl (C=O) groups excluding carboxylic acids is 2. The first-order chi connectivity index (χ1) is 14.1. The number of carbonyl (C=O) groups is 2. The van der Waals surface area contributed by atoms with E-state index in [1.165, 1.54) is 31.8 Å². The van der Waals surface area contributed by atoms with Gasteiger partial charge in [0.05, 0.1) is 26.0 Å². The number of methoxy groups -OCH3 is 2. The predicted molar refractivity (Wildman–Crippen MR) is 110 cm³/mol. The van der Waals surface area contributed by atoms with Crippen LogP contribution in [0.2, 0.25) is 0 Å². The van der Waals surface area contributed by atoms with Gasteiger partial charge in [-0.15, -0.1) is 11.3 Å². The molecular weight excluding hydrogens is 392 g/mol. The second-order valence-electron chi connectivity index (χ2n) is 5.68. The number of thiophene rings is 1. The molecule has 0 radical (unpaired) electrons. The molecule has 0 spiro atoms. The van der Waals surface area contributed by atoms with Crippen molar-refractivity contribution in [3.63, 3.8) is 0 Å². The van der Waals surface area contributed by atoms with Crippen LogP contribution in [0.1, 0.15) is 25.6 Å². The molecule has 148 valence electrons. The lowest BCUT2D eigenvalue weighted by molar-refractivity contribution is 0.0734. The summed E-state index contributed by atoms with van der Waals surface area (Å²) in [5.41, 5.74) is 3.48. The van der Waals surface area contributed by atoms with Crippen LogP contribution in [0.5, 0.6) is 17.2 Å². The summed E-state index contributed by atoms with van der Waals surface area (Å²) in [6, 6.07) is 15.3. The van der Waals surface area contributed by atoms with Crippen molar-refractivity contribution in [2.24, 2.45) is 5.10 Å². The number of ether oxygens (including phenoxy) is 3. The Morgan fingerprint density at radius 2 is 1.76 bits per heavy atom. The molecule has 3 rings (SSSR count). The summed E-state index contributed by atoms with van der Waals surface area (Å²) in [4.78, 5) is 24.8. The summed E-state index contributed by atoms with van der Waals surface area (Å²) in [5, 5.41) is 5.76. The third kappa shape index (κ3) is 4.99. The van der Waals surface area contributed by atoms with Crippen molar-refractivity contribution in [1.29, 1.82) is 0 Å². The molecule has 29 heavy (non-hydrogen) atoms. The van der Waals surface area contributed by atoms with Crippen LogP contribution in [0.25, 0.3) is 0 Å². The van der Waals surface area contributed by atoms with E-state index in [2.05, 4.69) is 10.5 Å². The van der Waals surface area contributed by atoms with Gasteiger partial charge in [-0.3, -0.25) is 4.79 Å². The molecule has 0 fully saturated rings. The molecule has 0 saturated heterocycles. The summed E-state index contributed by atoms with van der Waals surface area (Å²) in [5.74, 6) is 0.269. The number of hydrogen-bond acceptors (Lipinski definition) is 7. The van der Waals surface area contributed by atoms with E-state index in [4.69, 9.17) is 14.2 Å². The Hall–Kier alpha value is -3.65. The van der Waals surface area contributed by atoms with Gasteiger partial charge in [-0.1, -0.05) is 18.2 Å². The third-order valence-corrected chi connectivity index (χ3v) is 4.69. The number of esters is 1. The zero-order chi connectivity index (χ0) is 20.6. The molecule has 1 aromatic heterocycles. The van der Waals surface area contributed by atoms with Crippen LogP contribution < -0.4 is 19.6 Å². The van der Waals surface area contributed by atoms with Crippen molar-refractivity contribution in [1.82, 2.24) is 5.43 Å². The minimum Gasteiger partial charge on any atom is -0.496 e. The zero-order valence-electron chi connectivity index (χ0n) is 15.7. The second-order valence-corrected chi connectivity index (χ2v) is 6.62. The van der Waals surface area contributed by atoms with Crippen LogP contribution >= 0.6 is 11.3 Å². The topological polar surface area (TPSA) is 86.2 Å². The highest BCUT2D eigenvalue weighted by Gasteiger charge is 2.14. The summed E-state index contributed by atoms with van der Waals surface area (Å²) in [6.45, 7) is 0. The lowest BCUT2D eigenvalue weighted by Gasteiger charge is -2.09. The van der Waals surface area contributed by atoms with E-state index in [-0.39, 0.29) is 0 Å². The molecule has 1 amide bonds. The number of hydrazone groups is 1. The fraction of sp³-hybridized carbons (Fsp3) is 0.0952. The first kappa shape index (κ1) is 20.1. The van der Waals surface area contributed by atoms with E-state index in [0.717, 1.165) is 0 Å². The molecule has 1 heterocycles. The molecule has 2 aromatic carbocycles. The fourth-order valence-electron chi connectivity index (χ4n) is 2.45. The van der Waals surface area contributed by atoms with Gasteiger partial charge in [0, 0.05) is 0 Å². The SMILES string of the molecule is COc1cc(C=NNC(=O)c2ccccc2OC)ccc1OC(=O)c1cccs1. The monoisotopic (exact) mass is 410 g/mol. The Morgan fingerprint density at radius 3 is 2.48 bits per heavy atom. The molecule has 0 aliphatic rings. The maximum atomic E-state index is 12.2. The molecule has 0 unspecified atom stereocenters. The Morgan fingerprint density at radius 1 is 0.966 bits per heavy atom. The van der Waals surface area contributed by atoms with Crippen molar-refractivity contribution in [2.75, 3.05) is 14.2 Å². The number of benzene rings is 2. The van der Waals surface area contributed by atoms with E-state index in [0.29, 0.717) is 33.3 Å². The van der Waals surface area contributed by atoms with Gasteiger partial charge in [-0.25, -0.2) is 10.2 Å². The highest BCUT2D eigenvalue weighted by molar-refractivity contribution is 7.12. The van der Waals surface area contributed by atoms with Crippen molar-refractivity contribution in [3.05, 3.63) is 76.0 Å². The van der Waals surface area contributed by atoms with Crippen molar-refractivity contribution < 1.29 is 23.8 Å². The van der Waals surface area contributed by atoms with E-state index in [1.807, 2.05) is 0 Å². The lowest BCUT2D eigenvalue weighted by atomic mass is 10.2. The van der Waals surface area contributed by atoms with Gasteiger partial charge in [0.25, 0.3) is 5.91 Å². The minimum absolute atomic E-state index is 0.293. The third-order valence-electron chi connectivity index (χ3n) is 3.84. The normalized spacial score (nSPS) is 10.6. The number of hydrogen-bond donors (Lipinski definition) is 1. The maximum Gasteiger partial charge on any atom is 0.353 e. The Balaban J connectivity index is 1.68. The molecular formula is C21H18N2O5S. The molecule has 0 atom stereocenters. The lowest BCUT2D eigenvalue weighted by Crippen LogP contribution is -2.18. The van der Waals surface area contributed by atoms with Crippen LogP contribution in [0.4, 0.5) is 0 Å². The predicted octanol–water partition coefficient (Wildman–Crippen LogP) is 3.75. The molecule has 1 N–H and O–H groups in total. The van der Waals surface area contributed by atoms with Crippen molar-refractivity contribution in [3.8, 4) is 17.2 Å². The molecule has 0 bridgehead atoms. The molecule has 0 saturated carbocycles. The van der Waals surface area contributed by atoms with Gasteiger partial charge in [-0.2, -0.15) is 5.10 Å². The van der Waals surface area contributed by atoms with Gasteiger partial charge < -0.3 is 14.2 Å². The largest absolute Gasteiger partial charge is 0.496 e. The van der Waals surface area contributed by atoms with Gasteiger partial charge in [0.15, 0.2) is 11.5 Å². The van der Waals surface area contributed by atoms with Crippen LogP contribution in [-0.2, 0) is 0 Å². The number of nitrogens with zero attached hydrogens (tertiary/aromatic N) is 1. The molecule has 3 aromatic rings. The van der Waals surface area contributed by atoms with Crippen LogP contribution in [0.15, 0.2) is 65.1 Å². The number of amides is 1. The zero-order valence-corrected chi connectivity index (χ0v) is 16.6. The van der Waals surface area contributed by atoms with Crippen molar-refractivity contribution >= 4 is 29.4 Å². The average Bonchev–Trinajstić information content (AvgIpc) is 3.29. The van der Waals surface area contributed by atoms with E-state index < -0.39 is 11.9 Å². The van der Waals surface area contributed by atoms with Gasteiger partial charge in [0.1, 0.15) is 10.6 Å². The van der Waals surface area contributed by atoms with Gasteiger partial charge >= 0.3 is 5.97 Å². The molecule has 0 aliphatic carbocycles. The van der Waals surface area contributed by atoms with Gasteiger partial charge in [-0.05, 0) is 47.3 Å². The highest BCUT2D eigenvalue weighted by atomic mass is 32.1. The minimum atomic E-state index is -0.455. The standard InChI is InChI=1S/C21H18N2O5S/c1-26-16-7-4-3-6-15(16)20(24)23-22-13-14-9-10-17(18(12-14)27-2)28-21(25)19-8-5-11-29-19/h3-13H,1-2H3,(H,23,24). The average molecular weight is 410 g/mol. The Labute approximate surface area is 171 Å². The quantitative estimate of drug-likeness (QED) is 0.277. The van der Waals surface area contributed by atoms with E-state index in [1.54, 1.807) is 60.0 Å². The smallest absolute Gasteiger partial charge is 0.353 e. The highest BCUT2D eigenvalue weighted by Crippen LogP contribution is 2.29. The van der Waals surface area contributed by atoms with Crippen LogP contribution in [0.3, 0.4) is 0 Å². The fourth-order valence-corrected chi connectivity index (χ4v) is 3.05. The Kier molecular flexibility index (Phi) is 6.59. The second kappa shape index (κ2) is 9.52. The number of nitrogens with one attached hydrogen (secondary N) is 1. The first-order valence-corrected chi connectivity index (χ1v) is 9.40. The summed E-state index contributed by atoms with van der Waals surface area (Å²) < 4.78 is 15.8. The molecule has 7 nitrogen and oxygen atoms in total. The number of rotatable bonds is 7. The van der Waals surface area contributed by atoms with Crippen molar-refractivity contribution in [2.45, 2.75) is 0 Å². The van der Waals surface area contributed by atoms with E-state index in [9.17, 15) is 9.59 Å². The van der Waals surface area contributed by atoms with Crippen LogP contribution in [0, 0.1) is 0 Å². The summed E-state index contributed by atoms with van der Waals surface area (Å²) >= 11 is 1.30. The molecule has 8 heteroatoms. The molecule has 0 aliphatic heterocycles. The summed E-state index contributed by atoms with van der Waals surface area (Å²) in [7, 11) is 2.97. The van der Waals surface area contributed by atoms with Gasteiger partial charge in [0.2, 0.25) is 0 Å². The van der Waals surface area contributed by atoms with E-state index >= 15 is 0 Å². The first-order valence-electron chi connectivity index (χ1n) is 8.52. The maximum absolute atomic E-state index is 12.2.